The summed E-state index contributed by atoms with van der Waals surface area (Å²) in [7, 11) is 0. The maximum atomic E-state index is 9.47. The van der Waals surface area contributed by atoms with Gasteiger partial charge in [-0.15, -0.1) is 0 Å². The predicted octanol–water partition coefficient (Wildman–Crippen LogP) is 2.95. The maximum absolute atomic E-state index is 9.47. The van der Waals surface area contributed by atoms with Crippen LogP contribution in [0.1, 0.15) is 26.7 Å². The number of hydrogen-bond donors (Lipinski definition) is 1. The summed E-state index contributed by atoms with van der Waals surface area (Å²) >= 11 is 0. The Morgan fingerprint density at radius 1 is 1.29 bits per heavy atom. The number of nitrogens with zero attached hydrogens (tertiary/aromatic N) is 1. The lowest BCUT2D eigenvalue weighted by atomic mass is 9.82. The molecule has 0 saturated carbocycles. The third-order valence-electron chi connectivity index (χ3n) is 3.12. The molecule has 2 rings (SSSR count). The summed E-state index contributed by atoms with van der Waals surface area (Å²) in [6.07, 6.45) is 1.42. The van der Waals surface area contributed by atoms with E-state index in [9.17, 15) is 5.26 Å². The zero-order valence-corrected chi connectivity index (χ0v) is 10.4. The Kier molecular flexibility index (Phi) is 3.08. The van der Waals surface area contributed by atoms with E-state index < -0.39 is 5.54 Å². The highest BCUT2D eigenvalue weighted by atomic mass is 16.5. The fourth-order valence-corrected chi connectivity index (χ4v) is 2.40. The van der Waals surface area contributed by atoms with E-state index in [1.807, 2.05) is 44.2 Å². The van der Waals surface area contributed by atoms with Crippen LogP contribution in [0, 0.1) is 11.3 Å². The minimum atomic E-state index is -0.511. The minimum absolute atomic E-state index is 0.240. The van der Waals surface area contributed by atoms with E-state index in [2.05, 4.69) is 11.4 Å². The monoisotopic (exact) mass is 230 g/mol. The Bertz CT molecular complexity index is 422. The van der Waals surface area contributed by atoms with Crippen LogP contribution in [0.15, 0.2) is 30.3 Å². The molecule has 1 fully saturated rings. The van der Waals surface area contributed by atoms with Crippen LogP contribution in [0.3, 0.4) is 0 Å². The molecule has 0 aromatic heterocycles. The van der Waals surface area contributed by atoms with E-state index in [0.717, 1.165) is 12.1 Å². The number of nitrogens with one attached hydrogen (secondary N) is 1. The Morgan fingerprint density at radius 3 is 2.59 bits per heavy atom. The summed E-state index contributed by atoms with van der Waals surface area (Å²) in [5.41, 5.74) is 0.241. The van der Waals surface area contributed by atoms with Crippen LogP contribution in [-0.4, -0.2) is 17.7 Å². The van der Waals surface area contributed by atoms with Gasteiger partial charge in [0.15, 0.2) is 0 Å². The molecule has 0 bridgehead atoms. The third-order valence-corrected chi connectivity index (χ3v) is 3.12. The van der Waals surface area contributed by atoms with Crippen molar-refractivity contribution in [1.29, 1.82) is 5.26 Å². The number of para-hydroxylation sites is 1. The molecule has 1 aliphatic rings. The third kappa shape index (κ3) is 2.78. The molecule has 17 heavy (non-hydrogen) atoms. The fraction of sp³-hybridized carbons (Fsp3) is 0.500. The number of anilines is 1. The second kappa shape index (κ2) is 4.38. The number of rotatable bonds is 2. The van der Waals surface area contributed by atoms with Gasteiger partial charge in [-0.05, 0) is 26.0 Å². The molecule has 1 aromatic rings. The van der Waals surface area contributed by atoms with E-state index in [1.54, 1.807) is 0 Å². The van der Waals surface area contributed by atoms with Gasteiger partial charge in [-0.2, -0.15) is 5.26 Å². The van der Waals surface area contributed by atoms with E-state index in [0.29, 0.717) is 13.0 Å². The van der Waals surface area contributed by atoms with Crippen molar-refractivity contribution in [1.82, 2.24) is 0 Å². The van der Waals surface area contributed by atoms with Gasteiger partial charge in [0.25, 0.3) is 0 Å². The molecular weight excluding hydrogens is 212 g/mol. The van der Waals surface area contributed by atoms with Crippen molar-refractivity contribution in [3.05, 3.63) is 30.3 Å². The summed E-state index contributed by atoms with van der Waals surface area (Å²) in [6.45, 7) is 4.69. The topological polar surface area (TPSA) is 45.0 Å². The molecule has 1 saturated heterocycles. The van der Waals surface area contributed by atoms with Gasteiger partial charge in [0.2, 0.25) is 0 Å². The van der Waals surface area contributed by atoms with Gasteiger partial charge in [-0.1, -0.05) is 18.2 Å². The molecule has 1 aliphatic heterocycles. The molecule has 1 unspecified atom stereocenters. The quantitative estimate of drug-likeness (QED) is 0.849. The van der Waals surface area contributed by atoms with Gasteiger partial charge in [0, 0.05) is 18.5 Å². The van der Waals surface area contributed by atoms with E-state index >= 15 is 0 Å². The van der Waals surface area contributed by atoms with Crippen molar-refractivity contribution in [3.8, 4) is 6.07 Å². The van der Waals surface area contributed by atoms with E-state index in [1.165, 1.54) is 0 Å². The first-order chi connectivity index (χ1) is 8.05. The first-order valence-electron chi connectivity index (χ1n) is 5.94. The van der Waals surface area contributed by atoms with Gasteiger partial charge < -0.3 is 10.1 Å². The van der Waals surface area contributed by atoms with Gasteiger partial charge in [0.1, 0.15) is 5.54 Å². The van der Waals surface area contributed by atoms with Crippen LogP contribution in [-0.2, 0) is 4.74 Å². The first kappa shape index (κ1) is 11.9. The number of hydrogen-bond acceptors (Lipinski definition) is 3. The Morgan fingerprint density at radius 2 is 2.00 bits per heavy atom. The van der Waals surface area contributed by atoms with Crippen molar-refractivity contribution in [2.75, 3.05) is 11.9 Å². The molecule has 0 radical (unpaired) electrons. The molecule has 0 aliphatic carbocycles. The van der Waals surface area contributed by atoms with Crippen LogP contribution in [0.25, 0.3) is 0 Å². The number of nitriles is 1. The largest absolute Gasteiger partial charge is 0.375 e. The molecular formula is C14H18N2O. The van der Waals surface area contributed by atoms with Gasteiger partial charge in [-0.3, -0.25) is 0 Å². The van der Waals surface area contributed by atoms with Crippen molar-refractivity contribution in [2.24, 2.45) is 0 Å². The van der Waals surface area contributed by atoms with E-state index in [-0.39, 0.29) is 5.60 Å². The van der Waals surface area contributed by atoms with Crippen LogP contribution >= 0.6 is 0 Å². The standard InChI is InChI=1S/C14H18N2O/c1-13(2)10-14(11-15,8-9-17-13)16-12-6-4-3-5-7-12/h3-7,16H,8-10H2,1-2H3. The average molecular weight is 230 g/mol. The Balaban J connectivity index is 2.18. The Hall–Kier alpha value is -1.53. The molecule has 1 aromatic carbocycles. The maximum Gasteiger partial charge on any atom is 0.130 e. The summed E-state index contributed by atoms with van der Waals surface area (Å²) in [6, 6.07) is 12.3. The normalized spacial score (nSPS) is 27.1. The average Bonchev–Trinajstić information content (AvgIpc) is 2.29. The van der Waals surface area contributed by atoms with Gasteiger partial charge in [0.05, 0.1) is 18.3 Å². The van der Waals surface area contributed by atoms with Crippen molar-refractivity contribution in [2.45, 2.75) is 37.8 Å². The molecule has 3 nitrogen and oxygen atoms in total. The van der Waals surface area contributed by atoms with Crippen molar-refractivity contribution in [3.63, 3.8) is 0 Å². The molecule has 1 N–H and O–H groups in total. The minimum Gasteiger partial charge on any atom is -0.375 e. The highest BCUT2D eigenvalue weighted by molar-refractivity contribution is 5.47. The SMILES string of the molecule is CC1(C)CC(C#N)(Nc2ccccc2)CCO1. The molecule has 1 atom stereocenters. The lowest BCUT2D eigenvalue weighted by molar-refractivity contribution is -0.0659. The zero-order chi connectivity index (χ0) is 12.4. The summed E-state index contributed by atoms with van der Waals surface area (Å²) in [5.74, 6) is 0. The summed E-state index contributed by atoms with van der Waals surface area (Å²) < 4.78 is 5.67. The molecule has 0 amide bonds. The molecule has 0 spiro atoms. The summed E-state index contributed by atoms with van der Waals surface area (Å²) in [4.78, 5) is 0. The zero-order valence-electron chi connectivity index (χ0n) is 10.4. The highest BCUT2D eigenvalue weighted by Gasteiger charge is 2.41. The van der Waals surface area contributed by atoms with Gasteiger partial charge >= 0.3 is 0 Å². The van der Waals surface area contributed by atoms with Crippen LogP contribution in [0.5, 0.6) is 0 Å². The second-order valence-corrected chi connectivity index (χ2v) is 5.22. The van der Waals surface area contributed by atoms with Crippen molar-refractivity contribution >= 4 is 5.69 Å². The predicted molar refractivity (Wildman–Crippen MR) is 67.7 cm³/mol. The van der Waals surface area contributed by atoms with Crippen LogP contribution in [0.4, 0.5) is 5.69 Å². The number of ether oxygens (including phenoxy) is 1. The number of benzene rings is 1. The molecule has 1 heterocycles. The lowest BCUT2D eigenvalue weighted by Gasteiger charge is -2.41. The van der Waals surface area contributed by atoms with E-state index in [4.69, 9.17) is 4.74 Å². The lowest BCUT2D eigenvalue weighted by Crippen LogP contribution is -2.49. The van der Waals surface area contributed by atoms with Gasteiger partial charge in [-0.25, -0.2) is 0 Å². The first-order valence-corrected chi connectivity index (χ1v) is 5.94. The van der Waals surface area contributed by atoms with Crippen LogP contribution in [0.2, 0.25) is 0 Å². The molecule has 3 heteroatoms. The Labute approximate surface area is 102 Å². The fourth-order valence-electron chi connectivity index (χ4n) is 2.40. The second-order valence-electron chi connectivity index (χ2n) is 5.22. The van der Waals surface area contributed by atoms with Crippen molar-refractivity contribution < 1.29 is 4.74 Å². The smallest absolute Gasteiger partial charge is 0.130 e. The van der Waals surface area contributed by atoms with Crippen LogP contribution < -0.4 is 5.32 Å². The summed E-state index contributed by atoms with van der Waals surface area (Å²) in [5, 5.41) is 12.8. The highest BCUT2D eigenvalue weighted by Crippen LogP contribution is 2.34. The molecule has 90 valence electrons.